The third-order valence-electron chi connectivity index (χ3n) is 3.80. The zero-order valence-electron chi connectivity index (χ0n) is 11.4. The summed E-state index contributed by atoms with van der Waals surface area (Å²) < 4.78 is 0. The van der Waals surface area contributed by atoms with Crippen molar-refractivity contribution in [3.63, 3.8) is 0 Å². The fraction of sp³-hybridized carbons (Fsp3) is 0.923. The van der Waals surface area contributed by atoms with Crippen LogP contribution < -0.4 is 5.32 Å². The number of carboxylic acid groups (broad SMARTS) is 1. The third-order valence-corrected chi connectivity index (χ3v) is 3.80. The van der Waals surface area contributed by atoms with Gasteiger partial charge in [-0.05, 0) is 17.8 Å². The van der Waals surface area contributed by atoms with Crippen molar-refractivity contribution in [2.75, 3.05) is 26.2 Å². The van der Waals surface area contributed by atoms with Crippen molar-refractivity contribution in [3.05, 3.63) is 0 Å². The first kappa shape index (κ1) is 14.5. The van der Waals surface area contributed by atoms with Gasteiger partial charge in [-0.1, -0.05) is 27.7 Å². The van der Waals surface area contributed by atoms with Gasteiger partial charge in [0, 0.05) is 26.2 Å². The van der Waals surface area contributed by atoms with E-state index in [1.54, 1.807) is 0 Å². The molecule has 0 bridgehead atoms. The van der Waals surface area contributed by atoms with Crippen LogP contribution in [-0.4, -0.2) is 48.2 Å². The van der Waals surface area contributed by atoms with E-state index in [4.69, 9.17) is 0 Å². The second-order valence-electron chi connectivity index (χ2n) is 5.70. The van der Waals surface area contributed by atoms with E-state index in [2.05, 4.69) is 37.9 Å². The van der Waals surface area contributed by atoms with Gasteiger partial charge in [-0.2, -0.15) is 0 Å². The summed E-state index contributed by atoms with van der Waals surface area (Å²) in [4.78, 5) is 13.3. The van der Waals surface area contributed by atoms with Gasteiger partial charge >= 0.3 is 5.97 Å². The van der Waals surface area contributed by atoms with Crippen molar-refractivity contribution in [2.24, 2.45) is 17.8 Å². The number of aliphatic carboxylic acids is 1. The fourth-order valence-electron chi connectivity index (χ4n) is 2.67. The van der Waals surface area contributed by atoms with Gasteiger partial charge in [-0.3, -0.25) is 9.69 Å². The Kier molecular flexibility index (Phi) is 5.40. The van der Waals surface area contributed by atoms with Crippen LogP contribution in [0.4, 0.5) is 0 Å². The molecule has 1 rings (SSSR count). The van der Waals surface area contributed by atoms with Crippen LogP contribution in [0.2, 0.25) is 0 Å². The molecule has 0 aromatic carbocycles. The Morgan fingerprint density at radius 1 is 1.35 bits per heavy atom. The SMILES string of the molecule is CC(C)C(CN1CCNCC1C(=O)O)C(C)C. The average molecular weight is 242 g/mol. The molecule has 0 amide bonds. The Hall–Kier alpha value is -0.610. The normalized spacial score (nSPS) is 22.6. The molecular formula is C13H26N2O2. The summed E-state index contributed by atoms with van der Waals surface area (Å²) in [5.74, 6) is 1.05. The van der Waals surface area contributed by atoms with Crippen molar-refractivity contribution in [1.29, 1.82) is 0 Å². The zero-order valence-corrected chi connectivity index (χ0v) is 11.4. The molecule has 17 heavy (non-hydrogen) atoms. The predicted octanol–water partition coefficient (Wildman–Crippen LogP) is 1.27. The topological polar surface area (TPSA) is 52.6 Å². The van der Waals surface area contributed by atoms with E-state index in [1.807, 2.05) is 0 Å². The summed E-state index contributed by atoms with van der Waals surface area (Å²) in [6.07, 6.45) is 0. The number of hydrogen-bond acceptors (Lipinski definition) is 3. The minimum atomic E-state index is -0.705. The van der Waals surface area contributed by atoms with Crippen molar-refractivity contribution in [3.8, 4) is 0 Å². The molecule has 1 heterocycles. The summed E-state index contributed by atoms with van der Waals surface area (Å²) in [5.41, 5.74) is 0. The number of carboxylic acids is 1. The maximum absolute atomic E-state index is 11.2. The summed E-state index contributed by atoms with van der Waals surface area (Å²) in [6.45, 7) is 12.1. The van der Waals surface area contributed by atoms with Crippen LogP contribution in [0.5, 0.6) is 0 Å². The number of nitrogens with one attached hydrogen (secondary N) is 1. The molecule has 4 nitrogen and oxygen atoms in total. The van der Waals surface area contributed by atoms with E-state index in [0.717, 1.165) is 19.6 Å². The van der Waals surface area contributed by atoms with Gasteiger partial charge in [0.05, 0.1) is 0 Å². The van der Waals surface area contributed by atoms with E-state index in [9.17, 15) is 9.90 Å². The van der Waals surface area contributed by atoms with Crippen molar-refractivity contribution in [1.82, 2.24) is 10.2 Å². The summed E-state index contributed by atoms with van der Waals surface area (Å²) in [5, 5.41) is 12.4. The molecule has 4 heteroatoms. The Morgan fingerprint density at radius 2 is 1.94 bits per heavy atom. The van der Waals surface area contributed by atoms with Crippen LogP contribution in [0.1, 0.15) is 27.7 Å². The molecule has 0 aromatic heterocycles. The van der Waals surface area contributed by atoms with Gasteiger partial charge in [0.1, 0.15) is 6.04 Å². The first-order valence-electron chi connectivity index (χ1n) is 6.61. The molecule has 2 N–H and O–H groups in total. The highest BCUT2D eigenvalue weighted by Gasteiger charge is 2.31. The van der Waals surface area contributed by atoms with E-state index in [-0.39, 0.29) is 6.04 Å². The molecule has 0 aliphatic carbocycles. The van der Waals surface area contributed by atoms with Crippen LogP contribution in [0.15, 0.2) is 0 Å². The van der Waals surface area contributed by atoms with Gasteiger partial charge in [0.2, 0.25) is 0 Å². The van der Waals surface area contributed by atoms with Gasteiger partial charge in [-0.15, -0.1) is 0 Å². The molecule has 100 valence electrons. The maximum Gasteiger partial charge on any atom is 0.322 e. The molecule has 1 aliphatic heterocycles. The van der Waals surface area contributed by atoms with Gasteiger partial charge < -0.3 is 10.4 Å². The van der Waals surface area contributed by atoms with Crippen LogP contribution >= 0.6 is 0 Å². The molecule has 0 aromatic rings. The van der Waals surface area contributed by atoms with Crippen LogP contribution in [-0.2, 0) is 4.79 Å². The van der Waals surface area contributed by atoms with Gasteiger partial charge in [-0.25, -0.2) is 0 Å². The highest BCUT2D eigenvalue weighted by Crippen LogP contribution is 2.23. The zero-order chi connectivity index (χ0) is 13.0. The monoisotopic (exact) mass is 242 g/mol. The summed E-state index contributed by atoms with van der Waals surface area (Å²) >= 11 is 0. The number of nitrogens with zero attached hydrogens (tertiary/aromatic N) is 1. The largest absolute Gasteiger partial charge is 0.480 e. The lowest BCUT2D eigenvalue weighted by molar-refractivity contribution is -0.144. The molecule has 0 radical (unpaired) electrons. The van der Waals surface area contributed by atoms with Crippen molar-refractivity contribution in [2.45, 2.75) is 33.7 Å². The van der Waals surface area contributed by atoms with E-state index < -0.39 is 5.97 Å². The number of piperazine rings is 1. The number of rotatable bonds is 5. The van der Waals surface area contributed by atoms with Crippen LogP contribution in [0, 0.1) is 17.8 Å². The number of carbonyl (C=O) groups is 1. The Balaban J connectivity index is 2.65. The third kappa shape index (κ3) is 3.96. The molecule has 0 saturated carbocycles. The second-order valence-corrected chi connectivity index (χ2v) is 5.70. The highest BCUT2D eigenvalue weighted by atomic mass is 16.4. The standard InChI is InChI=1S/C13H26N2O2/c1-9(2)11(10(3)4)8-15-6-5-14-7-12(15)13(16)17/h9-12,14H,5-8H2,1-4H3,(H,16,17). The predicted molar refractivity (Wildman–Crippen MR) is 69.0 cm³/mol. The molecule has 1 unspecified atom stereocenters. The lowest BCUT2D eigenvalue weighted by Crippen LogP contribution is -2.56. The minimum absolute atomic E-state index is 0.358. The Morgan fingerprint density at radius 3 is 2.41 bits per heavy atom. The summed E-state index contributed by atoms with van der Waals surface area (Å²) in [6, 6.07) is -0.358. The average Bonchev–Trinajstić information content (AvgIpc) is 2.25. The quantitative estimate of drug-likeness (QED) is 0.762. The molecule has 1 fully saturated rings. The molecule has 1 aliphatic rings. The van der Waals surface area contributed by atoms with Crippen LogP contribution in [0.3, 0.4) is 0 Å². The van der Waals surface area contributed by atoms with Gasteiger partial charge in [0.15, 0.2) is 0 Å². The highest BCUT2D eigenvalue weighted by molar-refractivity contribution is 5.73. The molecular weight excluding hydrogens is 216 g/mol. The second kappa shape index (κ2) is 6.36. The first-order valence-corrected chi connectivity index (χ1v) is 6.61. The van der Waals surface area contributed by atoms with Crippen molar-refractivity contribution < 1.29 is 9.90 Å². The Labute approximate surface area is 104 Å². The lowest BCUT2D eigenvalue weighted by atomic mass is 9.84. The van der Waals surface area contributed by atoms with E-state index >= 15 is 0 Å². The van der Waals surface area contributed by atoms with Gasteiger partial charge in [0.25, 0.3) is 0 Å². The van der Waals surface area contributed by atoms with E-state index in [0.29, 0.717) is 24.3 Å². The van der Waals surface area contributed by atoms with E-state index in [1.165, 1.54) is 0 Å². The van der Waals surface area contributed by atoms with Crippen LogP contribution in [0.25, 0.3) is 0 Å². The molecule has 1 saturated heterocycles. The maximum atomic E-state index is 11.2. The molecule has 0 spiro atoms. The summed E-state index contributed by atoms with van der Waals surface area (Å²) in [7, 11) is 0. The Bertz CT molecular complexity index is 246. The van der Waals surface area contributed by atoms with Crippen molar-refractivity contribution >= 4 is 5.97 Å². The first-order chi connectivity index (χ1) is 7.93. The fourth-order valence-corrected chi connectivity index (χ4v) is 2.67. The molecule has 1 atom stereocenters. The minimum Gasteiger partial charge on any atom is -0.480 e. The lowest BCUT2D eigenvalue weighted by Gasteiger charge is -2.38. The number of hydrogen-bond donors (Lipinski definition) is 2. The smallest absolute Gasteiger partial charge is 0.322 e.